The minimum atomic E-state index is -0.616. The van der Waals surface area contributed by atoms with Crippen LogP contribution in [0, 0.1) is 6.92 Å². The summed E-state index contributed by atoms with van der Waals surface area (Å²) in [6, 6.07) is 16.1. The van der Waals surface area contributed by atoms with Gasteiger partial charge in [-0.25, -0.2) is 0 Å². The van der Waals surface area contributed by atoms with Crippen LogP contribution in [0.15, 0.2) is 59.4 Å². The molecule has 32 heavy (non-hydrogen) atoms. The number of aryl methyl sites for hydroxylation is 1. The maximum Gasteiger partial charge on any atom is 0.263 e. The topological polar surface area (TPSA) is 122 Å². The number of anilines is 1. The number of nitrogens with zero attached hydrogens (tertiary/aromatic N) is 2. The maximum atomic E-state index is 12.6. The second kappa shape index (κ2) is 8.76. The van der Waals surface area contributed by atoms with Gasteiger partial charge in [0.2, 0.25) is 5.95 Å². The third-order valence-electron chi connectivity index (χ3n) is 4.86. The molecule has 0 saturated heterocycles. The van der Waals surface area contributed by atoms with E-state index in [0.29, 0.717) is 28.6 Å². The van der Waals surface area contributed by atoms with E-state index in [1.54, 1.807) is 31.4 Å². The number of hydrogen-bond acceptors (Lipinski definition) is 6. The van der Waals surface area contributed by atoms with Crippen molar-refractivity contribution in [3.05, 3.63) is 76.1 Å². The average Bonchev–Trinajstić information content (AvgIpc) is 3.26. The monoisotopic (exact) mass is 431 g/mol. The third kappa shape index (κ3) is 4.22. The largest absolute Gasteiger partial charge is 0.497 e. The van der Waals surface area contributed by atoms with Crippen molar-refractivity contribution in [1.29, 1.82) is 0 Å². The molecule has 0 aliphatic rings. The van der Waals surface area contributed by atoms with Gasteiger partial charge in [0.15, 0.2) is 5.82 Å². The zero-order valence-electron chi connectivity index (χ0n) is 17.7. The molecule has 0 radical (unpaired) electrons. The van der Waals surface area contributed by atoms with E-state index in [1.807, 2.05) is 31.2 Å². The second-order valence-corrected chi connectivity index (χ2v) is 7.01. The van der Waals surface area contributed by atoms with Crippen LogP contribution in [0.4, 0.5) is 5.95 Å². The zero-order chi connectivity index (χ0) is 22.7. The Morgan fingerprint density at radius 2 is 1.88 bits per heavy atom. The minimum absolute atomic E-state index is 0.0324. The van der Waals surface area contributed by atoms with Crippen molar-refractivity contribution >= 4 is 11.9 Å². The molecule has 2 aromatic carbocycles. The van der Waals surface area contributed by atoms with Gasteiger partial charge in [-0.15, -0.1) is 5.10 Å². The molecule has 0 saturated carbocycles. The molecule has 3 N–H and O–H groups in total. The van der Waals surface area contributed by atoms with Gasteiger partial charge in [-0.3, -0.25) is 20.0 Å². The second-order valence-electron chi connectivity index (χ2n) is 7.01. The molecule has 0 aliphatic carbocycles. The minimum Gasteiger partial charge on any atom is -0.497 e. The Hall–Kier alpha value is -4.40. The quantitative estimate of drug-likeness (QED) is 0.430. The van der Waals surface area contributed by atoms with Crippen molar-refractivity contribution in [2.75, 3.05) is 19.5 Å². The van der Waals surface area contributed by atoms with Gasteiger partial charge in [0.05, 0.1) is 19.8 Å². The standard InChI is InChI=1S/C23H21N5O4/c1-13-5-4-6-14(11-13)18-10-9-17(21(29)24-18)22(30)26-23-25-20(27-28-23)16-8-7-15(31-2)12-19(16)32-3/h4-12H,1-3H3,(H,24,29)(H2,25,26,27,28,30). The van der Waals surface area contributed by atoms with Crippen molar-refractivity contribution < 1.29 is 14.3 Å². The Balaban J connectivity index is 1.54. The summed E-state index contributed by atoms with van der Waals surface area (Å²) in [5.74, 6) is 0.969. The molecule has 2 aromatic heterocycles. The summed E-state index contributed by atoms with van der Waals surface area (Å²) in [5, 5.41) is 9.31. The first-order valence-corrected chi connectivity index (χ1v) is 9.75. The van der Waals surface area contributed by atoms with Gasteiger partial charge in [0.1, 0.15) is 17.1 Å². The molecule has 4 aromatic rings. The molecule has 2 heterocycles. The number of pyridine rings is 1. The lowest BCUT2D eigenvalue weighted by Crippen LogP contribution is -2.23. The van der Waals surface area contributed by atoms with E-state index in [1.165, 1.54) is 13.2 Å². The fourth-order valence-electron chi connectivity index (χ4n) is 3.23. The van der Waals surface area contributed by atoms with Crippen molar-refractivity contribution in [3.63, 3.8) is 0 Å². The van der Waals surface area contributed by atoms with Crippen LogP contribution in [0.25, 0.3) is 22.6 Å². The number of aromatic nitrogens is 4. The van der Waals surface area contributed by atoms with Gasteiger partial charge < -0.3 is 14.5 Å². The van der Waals surface area contributed by atoms with Crippen LogP contribution >= 0.6 is 0 Å². The first-order chi connectivity index (χ1) is 15.5. The smallest absolute Gasteiger partial charge is 0.263 e. The fraction of sp³-hybridized carbons (Fsp3) is 0.130. The Labute approximate surface area is 183 Å². The highest BCUT2D eigenvalue weighted by Gasteiger charge is 2.16. The van der Waals surface area contributed by atoms with Crippen molar-refractivity contribution in [3.8, 4) is 34.1 Å². The number of benzene rings is 2. The van der Waals surface area contributed by atoms with Crippen molar-refractivity contribution in [2.45, 2.75) is 6.92 Å². The summed E-state index contributed by atoms with van der Waals surface area (Å²) >= 11 is 0. The number of carbonyl (C=O) groups is 1. The van der Waals surface area contributed by atoms with E-state index < -0.39 is 11.5 Å². The SMILES string of the molecule is COc1ccc(-c2nc(NC(=O)c3ccc(-c4cccc(C)c4)[nH]c3=O)n[nH]2)c(OC)c1. The lowest BCUT2D eigenvalue weighted by molar-refractivity contribution is 0.102. The van der Waals surface area contributed by atoms with Crippen LogP contribution in [0.3, 0.4) is 0 Å². The highest BCUT2D eigenvalue weighted by molar-refractivity contribution is 6.03. The zero-order valence-corrected chi connectivity index (χ0v) is 17.7. The number of nitrogens with one attached hydrogen (secondary N) is 3. The summed E-state index contributed by atoms with van der Waals surface area (Å²) in [6.07, 6.45) is 0. The van der Waals surface area contributed by atoms with E-state index >= 15 is 0 Å². The Bertz CT molecular complexity index is 1340. The Morgan fingerprint density at radius 1 is 1.03 bits per heavy atom. The van der Waals surface area contributed by atoms with E-state index in [0.717, 1.165) is 11.1 Å². The van der Waals surface area contributed by atoms with Gasteiger partial charge >= 0.3 is 0 Å². The Kier molecular flexibility index (Phi) is 5.71. The molecule has 0 unspecified atom stereocenters. The van der Waals surface area contributed by atoms with Gasteiger partial charge in [-0.2, -0.15) is 4.98 Å². The third-order valence-corrected chi connectivity index (χ3v) is 4.86. The molecule has 0 fully saturated rings. The molecule has 1 amide bonds. The average molecular weight is 431 g/mol. The maximum absolute atomic E-state index is 12.6. The first-order valence-electron chi connectivity index (χ1n) is 9.75. The number of amides is 1. The van der Waals surface area contributed by atoms with Gasteiger partial charge in [0.25, 0.3) is 11.5 Å². The van der Waals surface area contributed by atoms with Crippen LogP contribution in [-0.4, -0.2) is 40.3 Å². The molecular weight excluding hydrogens is 410 g/mol. The number of methoxy groups -OCH3 is 2. The van der Waals surface area contributed by atoms with E-state index in [2.05, 4.69) is 25.5 Å². The highest BCUT2D eigenvalue weighted by Crippen LogP contribution is 2.31. The lowest BCUT2D eigenvalue weighted by Gasteiger charge is -2.07. The van der Waals surface area contributed by atoms with Gasteiger partial charge in [0, 0.05) is 11.8 Å². The number of rotatable bonds is 6. The van der Waals surface area contributed by atoms with Crippen LogP contribution in [-0.2, 0) is 0 Å². The number of carbonyl (C=O) groups excluding carboxylic acids is 1. The lowest BCUT2D eigenvalue weighted by atomic mass is 10.1. The fourth-order valence-corrected chi connectivity index (χ4v) is 3.23. The molecule has 0 aliphatic heterocycles. The Morgan fingerprint density at radius 3 is 2.59 bits per heavy atom. The summed E-state index contributed by atoms with van der Waals surface area (Å²) in [7, 11) is 3.09. The molecular formula is C23H21N5O4. The summed E-state index contributed by atoms with van der Waals surface area (Å²) in [5.41, 5.74) is 2.65. The number of H-pyrrole nitrogens is 2. The number of hydrogen-bond donors (Lipinski definition) is 3. The summed E-state index contributed by atoms with van der Waals surface area (Å²) in [4.78, 5) is 32.2. The normalized spacial score (nSPS) is 10.6. The predicted octanol–water partition coefficient (Wildman–Crippen LogP) is 3.40. The van der Waals surface area contributed by atoms with E-state index in [-0.39, 0.29) is 11.5 Å². The molecule has 9 heteroatoms. The van der Waals surface area contributed by atoms with Crippen LogP contribution < -0.4 is 20.3 Å². The van der Waals surface area contributed by atoms with E-state index in [4.69, 9.17) is 9.47 Å². The van der Waals surface area contributed by atoms with Gasteiger partial charge in [-0.05, 0) is 42.8 Å². The number of ether oxygens (including phenoxy) is 2. The van der Waals surface area contributed by atoms with Crippen LogP contribution in [0.2, 0.25) is 0 Å². The molecule has 162 valence electrons. The van der Waals surface area contributed by atoms with Crippen molar-refractivity contribution in [1.82, 2.24) is 20.2 Å². The van der Waals surface area contributed by atoms with Gasteiger partial charge in [-0.1, -0.05) is 23.8 Å². The molecule has 4 rings (SSSR count). The molecule has 0 spiro atoms. The predicted molar refractivity (Wildman–Crippen MR) is 120 cm³/mol. The highest BCUT2D eigenvalue weighted by atomic mass is 16.5. The molecule has 9 nitrogen and oxygen atoms in total. The summed E-state index contributed by atoms with van der Waals surface area (Å²) < 4.78 is 10.6. The first kappa shape index (κ1) is 20.9. The van der Waals surface area contributed by atoms with E-state index in [9.17, 15) is 9.59 Å². The van der Waals surface area contributed by atoms with Crippen LogP contribution in [0.1, 0.15) is 15.9 Å². The molecule has 0 atom stereocenters. The molecule has 0 bridgehead atoms. The summed E-state index contributed by atoms with van der Waals surface area (Å²) in [6.45, 7) is 1.97. The van der Waals surface area contributed by atoms with Crippen molar-refractivity contribution in [2.24, 2.45) is 0 Å². The number of aromatic amines is 2. The van der Waals surface area contributed by atoms with Crippen LogP contribution in [0.5, 0.6) is 11.5 Å².